The van der Waals surface area contributed by atoms with E-state index in [1.54, 1.807) is 48.5 Å². The zero-order valence-electron chi connectivity index (χ0n) is 27.5. The van der Waals surface area contributed by atoms with Crippen molar-refractivity contribution in [1.82, 2.24) is 4.98 Å². The molecule has 1 fully saturated rings. The molecule has 44 heavy (non-hydrogen) atoms. The number of rotatable bonds is 6. The first-order valence-electron chi connectivity index (χ1n) is 14.2. The van der Waals surface area contributed by atoms with Crippen molar-refractivity contribution in [2.24, 2.45) is 0 Å². The highest BCUT2D eigenvalue weighted by atomic mass is 19.1. The van der Waals surface area contributed by atoms with Gasteiger partial charge in [0.25, 0.3) is 0 Å². The molecule has 2 aromatic rings. The number of anilines is 1. The van der Waals surface area contributed by atoms with E-state index in [0.29, 0.717) is 10.4 Å². The van der Waals surface area contributed by atoms with Crippen molar-refractivity contribution < 1.29 is 47.0 Å². The lowest BCUT2D eigenvalue weighted by Gasteiger charge is -2.32. The largest absolute Gasteiger partial charge is 0.496 e. The number of carbonyl (C=O) groups is 3. The normalized spacial score (nSPS) is 16.6. The summed E-state index contributed by atoms with van der Waals surface area (Å²) in [5, 5.41) is 0. The summed E-state index contributed by atoms with van der Waals surface area (Å²) in [6.07, 6.45) is -1.76. The SMILES string of the molecule is COC(=O)c1ccc(F)cc1[C@@H](C)Oc1cc(B2OC(C)(C)C(C)(C)O2)cnc1N(C(=O)OC(C)(C)C)C(=O)OC(C)(C)C. The van der Waals surface area contributed by atoms with Crippen LogP contribution in [0.25, 0.3) is 0 Å². The molecule has 0 aliphatic carbocycles. The van der Waals surface area contributed by atoms with Gasteiger partial charge >= 0.3 is 25.3 Å². The molecule has 3 rings (SSSR count). The number of ether oxygens (including phenoxy) is 4. The van der Waals surface area contributed by atoms with Gasteiger partial charge in [0.1, 0.15) is 23.1 Å². The maximum atomic E-state index is 14.4. The van der Waals surface area contributed by atoms with E-state index in [1.165, 1.54) is 25.4 Å². The van der Waals surface area contributed by atoms with Gasteiger partial charge in [0.2, 0.25) is 0 Å². The van der Waals surface area contributed by atoms with Gasteiger partial charge in [-0.15, -0.1) is 0 Å². The number of benzene rings is 1. The molecular formula is C31H42BFN2O9. The first-order valence-corrected chi connectivity index (χ1v) is 14.2. The van der Waals surface area contributed by atoms with Crippen LogP contribution in [0.1, 0.15) is 98.2 Å². The Labute approximate surface area is 258 Å². The zero-order chi connectivity index (χ0) is 33.4. The highest BCUT2D eigenvalue weighted by Crippen LogP contribution is 2.38. The highest BCUT2D eigenvalue weighted by molar-refractivity contribution is 6.62. The topological polar surface area (TPSA) is 123 Å². The second-order valence-corrected chi connectivity index (χ2v) is 13.5. The number of pyridine rings is 1. The molecule has 1 aliphatic heterocycles. The first kappa shape index (κ1) is 34.8. The zero-order valence-corrected chi connectivity index (χ0v) is 27.5. The first-order chi connectivity index (χ1) is 20.0. The van der Waals surface area contributed by atoms with Crippen LogP contribution in [0.15, 0.2) is 30.5 Å². The summed E-state index contributed by atoms with van der Waals surface area (Å²) in [4.78, 5) is 44.5. The maximum Gasteiger partial charge on any atom is 0.496 e. The Bertz CT molecular complexity index is 1370. The molecule has 1 aliphatic rings. The number of halogens is 1. The molecule has 240 valence electrons. The third-order valence-electron chi connectivity index (χ3n) is 6.90. The van der Waals surface area contributed by atoms with Crippen molar-refractivity contribution in [2.45, 2.75) is 105 Å². The fourth-order valence-electron chi connectivity index (χ4n) is 4.10. The summed E-state index contributed by atoms with van der Waals surface area (Å²) in [5.41, 5.74) is -2.69. The Morgan fingerprint density at radius 1 is 0.932 bits per heavy atom. The molecule has 11 nitrogen and oxygen atoms in total. The van der Waals surface area contributed by atoms with Crippen molar-refractivity contribution in [2.75, 3.05) is 12.0 Å². The maximum absolute atomic E-state index is 14.4. The molecule has 0 bridgehead atoms. The van der Waals surface area contributed by atoms with Crippen LogP contribution in [0.5, 0.6) is 5.75 Å². The molecule has 2 amide bonds. The van der Waals surface area contributed by atoms with Crippen molar-refractivity contribution in [3.63, 3.8) is 0 Å². The minimum atomic E-state index is -1.07. The number of aromatic nitrogens is 1. The molecule has 0 N–H and O–H groups in total. The van der Waals surface area contributed by atoms with Gasteiger partial charge in [-0.2, -0.15) is 4.90 Å². The van der Waals surface area contributed by atoms with Crippen molar-refractivity contribution in [1.29, 1.82) is 0 Å². The Morgan fingerprint density at radius 2 is 1.45 bits per heavy atom. The third kappa shape index (κ3) is 8.06. The van der Waals surface area contributed by atoms with Gasteiger partial charge in [-0.1, -0.05) is 0 Å². The van der Waals surface area contributed by atoms with E-state index in [1.807, 2.05) is 27.7 Å². The smallest absolute Gasteiger partial charge is 0.482 e. The number of methoxy groups -OCH3 is 1. The second kappa shape index (κ2) is 12.4. The second-order valence-electron chi connectivity index (χ2n) is 13.5. The van der Waals surface area contributed by atoms with Crippen LogP contribution >= 0.6 is 0 Å². The van der Waals surface area contributed by atoms with E-state index in [2.05, 4.69) is 4.98 Å². The summed E-state index contributed by atoms with van der Waals surface area (Å²) >= 11 is 0. The van der Waals surface area contributed by atoms with Crippen LogP contribution < -0.4 is 15.1 Å². The van der Waals surface area contributed by atoms with E-state index in [0.717, 1.165) is 12.1 Å². The van der Waals surface area contributed by atoms with E-state index < -0.39 is 59.6 Å². The van der Waals surface area contributed by atoms with E-state index in [-0.39, 0.29) is 22.7 Å². The predicted molar refractivity (Wildman–Crippen MR) is 162 cm³/mol. The molecule has 1 aromatic heterocycles. The molecule has 0 saturated carbocycles. The summed E-state index contributed by atoms with van der Waals surface area (Å²) in [5.74, 6) is -1.68. The Morgan fingerprint density at radius 3 is 1.93 bits per heavy atom. The van der Waals surface area contributed by atoms with Crippen LogP contribution in [0.2, 0.25) is 0 Å². The van der Waals surface area contributed by atoms with Gasteiger partial charge in [0.05, 0.1) is 23.9 Å². The van der Waals surface area contributed by atoms with Crippen LogP contribution in [-0.4, -0.2) is 59.8 Å². The third-order valence-corrected chi connectivity index (χ3v) is 6.90. The lowest BCUT2D eigenvalue weighted by molar-refractivity contribution is 0.00578. The molecule has 0 radical (unpaired) electrons. The molecule has 0 unspecified atom stereocenters. The van der Waals surface area contributed by atoms with Crippen LogP contribution in [0.3, 0.4) is 0 Å². The summed E-state index contributed by atoms with van der Waals surface area (Å²) in [7, 11) is 0.326. The van der Waals surface area contributed by atoms with E-state index in [9.17, 15) is 18.8 Å². The average molecular weight is 616 g/mol. The van der Waals surface area contributed by atoms with Gasteiger partial charge in [0, 0.05) is 17.2 Å². The molecule has 1 atom stereocenters. The summed E-state index contributed by atoms with van der Waals surface area (Å²) < 4.78 is 48.9. The van der Waals surface area contributed by atoms with Gasteiger partial charge in [-0.05, 0) is 100 Å². The lowest BCUT2D eigenvalue weighted by Crippen LogP contribution is -2.45. The summed E-state index contributed by atoms with van der Waals surface area (Å²) in [6.45, 7) is 19.0. The van der Waals surface area contributed by atoms with Gasteiger partial charge < -0.3 is 28.3 Å². The van der Waals surface area contributed by atoms with Crippen LogP contribution in [0.4, 0.5) is 19.8 Å². The van der Waals surface area contributed by atoms with Crippen LogP contribution in [0, 0.1) is 5.82 Å². The van der Waals surface area contributed by atoms with Gasteiger partial charge in [-0.3, -0.25) is 0 Å². The standard InChI is InChI=1S/C31H42BFN2O9/c1-18(22-16-20(33)13-14-21(22)25(36)39-12)40-23-15-19(32-43-30(8,9)31(10,11)44-32)17-34-24(23)35(26(37)41-28(2,3)4)27(38)42-29(5,6)7/h13-18H,1-12H3/t18-/m1/s1. The predicted octanol–water partition coefficient (Wildman–Crippen LogP) is 6.12. The molecule has 13 heteroatoms. The van der Waals surface area contributed by atoms with Crippen molar-refractivity contribution >= 4 is 36.6 Å². The number of esters is 1. The van der Waals surface area contributed by atoms with E-state index in [4.69, 9.17) is 28.3 Å². The molecule has 1 aromatic carbocycles. The van der Waals surface area contributed by atoms with Gasteiger partial charge in [-0.25, -0.2) is 23.8 Å². The minimum Gasteiger partial charge on any atom is -0.482 e. The number of carbonyl (C=O) groups excluding carboxylic acids is 3. The molecule has 0 spiro atoms. The lowest BCUT2D eigenvalue weighted by atomic mass is 9.80. The molecular weight excluding hydrogens is 574 g/mol. The Kier molecular flexibility index (Phi) is 9.77. The monoisotopic (exact) mass is 616 g/mol. The number of hydrogen-bond donors (Lipinski definition) is 0. The molecule has 1 saturated heterocycles. The fraction of sp³-hybridized carbons (Fsp3) is 0.548. The van der Waals surface area contributed by atoms with Gasteiger partial charge in [0.15, 0.2) is 11.6 Å². The number of hydrogen-bond acceptors (Lipinski definition) is 10. The quantitative estimate of drug-likeness (QED) is 0.213. The van der Waals surface area contributed by atoms with Crippen molar-refractivity contribution in [3.8, 4) is 5.75 Å². The van der Waals surface area contributed by atoms with E-state index >= 15 is 0 Å². The molecule has 2 heterocycles. The number of imide groups is 1. The van der Waals surface area contributed by atoms with Crippen LogP contribution in [-0.2, 0) is 23.5 Å². The fourth-order valence-corrected chi connectivity index (χ4v) is 4.10. The van der Waals surface area contributed by atoms with Crippen molar-refractivity contribution in [3.05, 3.63) is 47.4 Å². The summed E-state index contributed by atoms with van der Waals surface area (Å²) in [6, 6.07) is 5.05. The Balaban J connectivity index is 2.20. The highest BCUT2D eigenvalue weighted by Gasteiger charge is 2.52. The number of amides is 2. The average Bonchev–Trinajstić information content (AvgIpc) is 3.08. The number of nitrogens with zero attached hydrogens (tertiary/aromatic N) is 2. The minimum absolute atomic E-state index is 0.0640. The Hall–Kier alpha value is -3.71.